The Morgan fingerprint density at radius 3 is 2.08 bits per heavy atom. The van der Waals surface area contributed by atoms with Crippen LogP contribution in [0.15, 0.2) is 0 Å². The zero-order chi connectivity index (χ0) is 19.0. The highest BCUT2D eigenvalue weighted by Crippen LogP contribution is 2.31. The molecule has 0 aliphatic rings. The highest BCUT2D eigenvalue weighted by atomic mass is 32.2. The Morgan fingerprint density at radius 1 is 0.960 bits per heavy atom. The van der Waals surface area contributed by atoms with Gasteiger partial charge in [0.1, 0.15) is 12.0 Å². The van der Waals surface area contributed by atoms with Crippen molar-refractivity contribution in [2.45, 2.75) is 70.0 Å². The maximum absolute atomic E-state index is 13.0. The number of halogens is 2. The van der Waals surface area contributed by atoms with Crippen LogP contribution in [0.25, 0.3) is 0 Å². The summed E-state index contributed by atoms with van der Waals surface area (Å²) in [6.45, 7) is 1.40. The third kappa shape index (κ3) is 13.9. The Kier molecular flexibility index (Phi) is 14.7. The van der Waals surface area contributed by atoms with Gasteiger partial charge in [0, 0.05) is 0 Å². The SMILES string of the molecule is CCCCCCCCCCCOC(=O)COC(=O)C(F)(F)SOOO. The predicted octanol–water partition coefficient (Wildman–Crippen LogP) is 4.27. The van der Waals surface area contributed by atoms with Gasteiger partial charge >= 0.3 is 17.2 Å². The molecule has 1 N–H and O–H groups in total. The van der Waals surface area contributed by atoms with Crippen molar-refractivity contribution in [2.75, 3.05) is 13.2 Å². The summed E-state index contributed by atoms with van der Waals surface area (Å²) in [5, 5.41) is 6.58. The summed E-state index contributed by atoms with van der Waals surface area (Å²) < 4.78 is 38.4. The monoisotopic (exact) mass is 388 g/mol. The number of rotatable bonds is 16. The topological polar surface area (TPSA) is 91.3 Å². The summed E-state index contributed by atoms with van der Waals surface area (Å²) in [6.07, 6.45) is 9.98. The summed E-state index contributed by atoms with van der Waals surface area (Å²) in [7, 11) is 0. The Hall–Kier alpha value is -0.970. The number of unbranched alkanes of at least 4 members (excludes halogenated alkanes) is 8. The van der Waals surface area contributed by atoms with Gasteiger partial charge in [0.2, 0.25) is 0 Å². The summed E-state index contributed by atoms with van der Waals surface area (Å²) in [5.74, 6) is -2.91. The molecule has 0 unspecified atom stereocenters. The molecule has 148 valence electrons. The zero-order valence-electron chi connectivity index (χ0n) is 14.3. The summed E-state index contributed by atoms with van der Waals surface area (Å²) in [5.41, 5.74) is 0. The van der Waals surface area contributed by atoms with Crippen LogP contribution < -0.4 is 0 Å². The van der Waals surface area contributed by atoms with E-state index in [2.05, 4.69) is 21.0 Å². The average molecular weight is 388 g/mol. The molecule has 0 saturated carbocycles. The Balaban J connectivity index is 3.57. The summed E-state index contributed by atoms with van der Waals surface area (Å²) in [4.78, 5) is 22.3. The van der Waals surface area contributed by atoms with E-state index in [1.165, 1.54) is 32.1 Å². The summed E-state index contributed by atoms with van der Waals surface area (Å²) >= 11 is -0.759. The molecule has 0 aromatic heterocycles. The van der Waals surface area contributed by atoms with E-state index in [0.717, 1.165) is 19.3 Å². The first-order valence-electron chi connectivity index (χ1n) is 8.30. The fourth-order valence-corrected chi connectivity index (χ4v) is 2.18. The molecule has 0 aliphatic heterocycles. The number of alkyl halides is 2. The minimum Gasteiger partial charge on any atom is -0.463 e. The van der Waals surface area contributed by atoms with Gasteiger partial charge in [-0.05, 0) is 6.42 Å². The van der Waals surface area contributed by atoms with Crippen molar-refractivity contribution in [1.29, 1.82) is 0 Å². The van der Waals surface area contributed by atoms with Gasteiger partial charge in [-0.1, -0.05) is 63.3 Å². The summed E-state index contributed by atoms with van der Waals surface area (Å²) in [6, 6.07) is 0. The van der Waals surface area contributed by atoms with Crippen LogP contribution in [0, 0.1) is 0 Å². The quantitative estimate of drug-likeness (QED) is 0.138. The second-order valence-corrected chi connectivity index (χ2v) is 6.18. The smallest absolute Gasteiger partial charge is 0.415 e. The van der Waals surface area contributed by atoms with E-state index in [9.17, 15) is 18.4 Å². The number of esters is 2. The van der Waals surface area contributed by atoms with Crippen LogP contribution in [-0.4, -0.2) is 35.7 Å². The first-order valence-corrected chi connectivity index (χ1v) is 9.04. The Morgan fingerprint density at radius 2 is 1.52 bits per heavy atom. The molecule has 0 spiro atoms. The van der Waals surface area contributed by atoms with E-state index < -0.39 is 35.8 Å². The number of ether oxygens (including phenoxy) is 2. The fraction of sp³-hybridized carbons (Fsp3) is 0.867. The second kappa shape index (κ2) is 15.3. The number of carbonyl (C=O) groups excluding carboxylic acids is 2. The number of hydrogen-bond donors (Lipinski definition) is 1. The van der Waals surface area contributed by atoms with Gasteiger partial charge in [0.15, 0.2) is 6.61 Å². The molecule has 0 aliphatic carbocycles. The lowest BCUT2D eigenvalue weighted by Crippen LogP contribution is -2.30. The molecule has 10 heteroatoms. The zero-order valence-corrected chi connectivity index (χ0v) is 15.2. The van der Waals surface area contributed by atoms with Gasteiger partial charge < -0.3 is 9.47 Å². The van der Waals surface area contributed by atoms with E-state index in [0.29, 0.717) is 6.42 Å². The van der Waals surface area contributed by atoms with Gasteiger partial charge in [-0.15, -0.1) is 4.33 Å². The van der Waals surface area contributed by atoms with Crippen molar-refractivity contribution in [2.24, 2.45) is 0 Å². The van der Waals surface area contributed by atoms with Crippen molar-refractivity contribution < 1.29 is 42.5 Å². The molecule has 0 radical (unpaired) electrons. The van der Waals surface area contributed by atoms with Crippen LogP contribution in [0.4, 0.5) is 8.78 Å². The third-order valence-electron chi connectivity index (χ3n) is 3.24. The van der Waals surface area contributed by atoms with Crippen LogP contribution in [-0.2, 0) is 28.4 Å². The first kappa shape index (κ1) is 24.0. The Bertz CT molecular complexity index is 370. The van der Waals surface area contributed by atoms with E-state index >= 15 is 0 Å². The van der Waals surface area contributed by atoms with Crippen molar-refractivity contribution in [3.63, 3.8) is 0 Å². The first-order chi connectivity index (χ1) is 11.9. The van der Waals surface area contributed by atoms with Gasteiger partial charge in [-0.25, -0.2) is 14.8 Å². The highest BCUT2D eigenvalue weighted by Gasteiger charge is 2.44. The van der Waals surface area contributed by atoms with Gasteiger partial charge in [-0.2, -0.15) is 8.78 Å². The maximum atomic E-state index is 13.0. The minimum atomic E-state index is -4.12. The van der Waals surface area contributed by atoms with E-state index in [1.807, 2.05) is 0 Å². The van der Waals surface area contributed by atoms with Crippen LogP contribution in [0.1, 0.15) is 64.7 Å². The molecule has 0 aromatic carbocycles. The van der Waals surface area contributed by atoms with Crippen molar-refractivity contribution in [3.05, 3.63) is 0 Å². The van der Waals surface area contributed by atoms with E-state index in [4.69, 9.17) is 9.99 Å². The molecule has 0 saturated heterocycles. The van der Waals surface area contributed by atoms with Gasteiger partial charge in [-0.3, -0.25) is 0 Å². The molecular weight excluding hydrogens is 362 g/mol. The largest absolute Gasteiger partial charge is 0.463 e. The predicted molar refractivity (Wildman–Crippen MR) is 86.5 cm³/mol. The van der Waals surface area contributed by atoms with E-state index in [1.54, 1.807) is 0 Å². The van der Waals surface area contributed by atoms with Crippen LogP contribution in [0.5, 0.6) is 0 Å². The molecule has 0 rings (SSSR count). The molecule has 25 heavy (non-hydrogen) atoms. The lowest BCUT2D eigenvalue weighted by Gasteiger charge is -2.11. The molecule has 0 aromatic rings. The third-order valence-corrected chi connectivity index (χ3v) is 3.74. The van der Waals surface area contributed by atoms with Gasteiger partial charge in [0.05, 0.1) is 6.61 Å². The molecule has 0 fully saturated rings. The lowest BCUT2D eigenvalue weighted by atomic mass is 10.1. The van der Waals surface area contributed by atoms with Crippen molar-refractivity contribution in [1.82, 2.24) is 0 Å². The molecular formula is C15H26F2O7S. The fourth-order valence-electron chi connectivity index (χ4n) is 1.94. The average Bonchev–Trinajstić information content (AvgIpc) is 2.59. The van der Waals surface area contributed by atoms with Crippen molar-refractivity contribution >= 4 is 24.0 Å². The molecule has 0 atom stereocenters. The normalized spacial score (nSPS) is 11.4. The van der Waals surface area contributed by atoms with Crippen LogP contribution >= 0.6 is 12.0 Å². The molecule has 0 heterocycles. The van der Waals surface area contributed by atoms with Crippen LogP contribution in [0.2, 0.25) is 0 Å². The van der Waals surface area contributed by atoms with E-state index in [-0.39, 0.29) is 6.61 Å². The molecule has 0 bridgehead atoms. The molecule has 7 nitrogen and oxygen atoms in total. The van der Waals surface area contributed by atoms with Gasteiger partial charge in [0.25, 0.3) is 0 Å². The number of hydrogen-bond acceptors (Lipinski definition) is 8. The Labute approximate surface area is 150 Å². The standard InChI is InChI=1S/C15H26F2O7S/c1-2-3-4-5-6-7-8-9-10-11-21-13(18)12-22-14(19)15(16,17)25-24-23-20/h20H,2-12H2,1H3. The van der Waals surface area contributed by atoms with Crippen molar-refractivity contribution in [3.8, 4) is 0 Å². The number of carbonyl (C=O) groups is 2. The minimum absolute atomic E-state index is 0.152. The highest BCUT2D eigenvalue weighted by molar-refractivity contribution is 7.96. The van der Waals surface area contributed by atoms with Crippen LogP contribution in [0.3, 0.4) is 0 Å². The lowest BCUT2D eigenvalue weighted by molar-refractivity contribution is -0.433. The second-order valence-electron chi connectivity index (χ2n) is 5.37. The maximum Gasteiger partial charge on any atom is 0.415 e. The molecule has 0 amide bonds.